The fourth-order valence-corrected chi connectivity index (χ4v) is 4.56. The van der Waals surface area contributed by atoms with Crippen molar-refractivity contribution in [2.45, 2.75) is 23.8 Å². The van der Waals surface area contributed by atoms with Gasteiger partial charge >= 0.3 is 0 Å². The molecule has 0 aliphatic carbocycles. The molecule has 0 radical (unpaired) electrons. The first-order chi connectivity index (χ1) is 11.1. The SMILES string of the molecule is Cl.Cl.O=S(=O)(c1ccc2cnccc2c1)N1CCCCNCC1CF. The summed E-state index contributed by atoms with van der Waals surface area (Å²) in [7, 11) is -3.72. The lowest BCUT2D eigenvalue weighted by Gasteiger charge is -2.31. The van der Waals surface area contributed by atoms with Crippen molar-refractivity contribution < 1.29 is 12.8 Å². The highest BCUT2D eigenvalue weighted by atomic mass is 35.5. The molecular weight excluding hydrogens is 388 g/mol. The van der Waals surface area contributed by atoms with Crippen LogP contribution in [-0.4, -0.2) is 50.1 Å². The van der Waals surface area contributed by atoms with Crippen LogP contribution in [0.5, 0.6) is 0 Å². The molecule has 1 aromatic heterocycles. The largest absolute Gasteiger partial charge is 0.315 e. The van der Waals surface area contributed by atoms with Crippen molar-refractivity contribution in [1.29, 1.82) is 0 Å². The van der Waals surface area contributed by atoms with Crippen molar-refractivity contribution in [3.05, 3.63) is 36.7 Å². The Morgan fingerprint density at radius 3 is 2.76 bits per heavy atom. The Balaban J connectivity index is 0.00000156. The van der Waals surface area contributed by atoms with Crippen LogP contribution in [0.25, 0.3) is 10.8 Å². The molecule has 0 bridgehead atoms. The molecule has 2 aromatic rings. The van der Waals surface area contributed by atoms with Gasteiger partial charge in [-0.3, -0.25) is 4.98 Å². The zero-order chi connectivity index (χ0) is 16.3. The Labute approximate surface area is 159 Å². The number of rotatable bonds is 3. The molecule has 3 rings (SSSR count). The molecule has 1 aliphatic rings. The minimum absolute atomic E-state index is 0. The van der Waals surface area contributed by atoms with Crippen molar-refractivity contribution in [3.63, 3.8) is 0 Å². The van der Waals surface area contributed by atoms with Gasteiger partial charge in [-0.25, -0.2) is 12.8 Å². The maximum atomic E-state index is 13.4. The van der Waals surface area contributed by atoms with Crippen LogP contribution in [0, 0.1) is 0 Å². The fourth-order valence-electron chi connectivity index (χ4n) is 2.88. The number of hydrogen-bond donors (Lipinski definition) is 1. The van der Waals surface area contributed by atoms with E-state index in [1.165, 1.54) is 4.31 Å². The van der Waals surface area contributed by atoms with E-state index in [0.717, 1.165) is 30.2 Å². The summed E-state index contributed by atoms with van der Waals surface area (Å²) in [4.78, 5) is 4.23. The van der Waals surface area contributed by atoms with Gasteiger partial charge in [0, 0.05) is 30.9 Å². The maximum absolute atomic E-state index is 13.4. The molecule has 0 amide bonds. The van der Waals surface area contributed by atoms with Gasteiger partial charge in [-0.05, 0) is 43.0 Å². The first kappa shape index (κ1) is 22.1. The highest BCUT2D eigenvalue weighted by Gasteiger charge is 2.32. The molecule has 1 atom stereocenters. The van der Waals surface area contributed by atoms with Gasteiger partial charge < -0.3 is 5.32 Å². The Morgan fingerprint density at radius 2 is 2.00 bits per heavy atom. The third kappa shape index (κ3) is 4.80. The van der Waals surface area contributed by atoms with Gasteiger partial charge in [-0.15, -0.1) is 24.8 Å². The van der Waals surface area contributed by atoms with Gasteiger partial charge in [0.2, 0.25) is 10.0 Å². The van der Waals surface area contributed by atoms with Crippen LogP contribution in [-0.2, 0) is 10.0 Å². The molecule has 9 heteroatoms. The number of fused-ring (bicyclic) bond motifs is 1. The van der Waals surface area contributed by atoms with Gasteiger partial charge in [0.15, 0.2) is 0 Å². The minimum Gasteiger partial charge on any atom is -0.315 e. The van der Waals surface area contributed by atoms with Crippen molar-refractivity contribution in [1.82, 2.24) is 14.6 Å². The molecule has 25 heavy (non-hydrogen) atoms. The Bertz CT molecular complexity index is 792. The molecule has 1 unspecified atom stereocenters. The highest BCUT2D eigenvalue weighted by Crippen LogP contribution is 2.24. The van der Waals surface area contributed by atoms with E-state index >= 15 is 0 Å². The summed E-state index contributed by atoms with van der Waals surface area (Å²) in [6.45, 7) is 0.803. The summed E-state index contributed by atoms with van der Waals surface area (Å²) >= 11 is 0. The number of alkyl halides is 1. The lowest BCUT2D eigenvalue weighted by Crippen LogP contribution is -2.49. The lowest BCUT2D eigenvalue weighted by molar-refractivity contribution is 0.240. The van der Waals surface area contributed by atoms with E-state index in [1.807, 2.05) is 0 Å². The van der Waals surface area contributed by atoms with Crippen LogP contribution in [0.2, 0.25) is 0 Å². The Hall–Kier alpha value is -0.990. The van der Waals surface area contributed by atoms with Crippen LogP contribution >= 0.6 is 24.8 Å². The van der Waals surface area contributed by atoms with E-state index in [2.05, 4.69) is 10.3 Å². The number of pyridine rings is 1. The average molecular weight is 410 g/mol. The molecule has 1 fully saturated rings. The number of nitrogens with zero attached hydrogens (tertiary/aromatic N) is 2. The molecule has 5 nitrogen and oxygen atoms in total. The zero-order valence-electron chi connectivity index (χ0n) is 13.6. The third-order valence-electron chi connectivity index (χ3n) is 4.17. The van der Waals surface area contributed by atoms with E-state index in [-0.39, 0.29) is 29.7 Å². The summed E-state index contributed by atoms with van der Waals surface area (Å²) in [5.41, 5.74) is 0. The van der Waals surface area contributed by atoms with Gasteiger partial charge in [0.05, 0.1) is 10.9 Å². The standard InChI is InChI=1S/C16H20FN3O2S.2ClH/c17-10-15-12-18-6-1-2-8-20(15)23(21,22)16-4-3-14-11-19-7-5-13(14)9-16;;/h3-5,7,9,11,15,18H,1-2,6,8,10,12H2;2*1H. The van der Waals surface area contributed by atoms with Gasteiger partial charge in [-0.2, -0.15) is 4.31 Å². The molecule has 1 aliphatic heterocycles. The number of halogens is 3. The van der Waals surface area contributed by atoms with Crippen molar-refractivity contribution in [2.24, 2.45) is 0 Å². The first-order valence-corrected chi connectivity index (χ1v) is 9.19. The summed E-state index contributed by atoms with van der Waals surface area (Å²) in [6.07, 6.45) is 4.92. The highest BCUT2D eigenvalue weighted by molar-refractivity contribution is 7.89. The molecule has 0 spiro atoms. The van der Waals surface area contributed by atoms with Gasteiger partial charge in [-0.1, -0.05) is 6.07 Å². The Morgan fingerprint density at radius 1 is 1.20 bits per heavy atom. The fraction of sp³-hybridized carbons (Fsp3) is 0.438. The van der Waals surface area contributed by atoms with E-state index in [0.29, 0.717) is 13.1 Å². The van der Waals surface area contributed by atoms with E-state index in [4.69, 9.17) is 0 Å². The van der Waals surface area contributed by atoms with Gasteiger partial charge in [0.1, 0.15) is 6.67 Å². The molecular formula is C16H22Cl2FN3O2S. The lowest BCUT2D eigenvalue weighted by atomic mass is 10.2. The second-order valence-electron chi connectivity index (χ2n) is 5.72. The van der Waals surface area contributed by atoms with Gasteiger partial charge in [0.25, 0.3) is 0 Å². The topological polar surface area (TPSA) is 62.3 Å². The number of nitrogens with one attached hydrogen (secondary N) is 1. The summed E-state index contributed by atoms with van der Waals surface area (Å²) < 4.78 is 40.7. The van der Waals surface area contributed by atoms with Crippen molar-refractivity contribution in [3.8, 4) is 0 Å². The maximum Gasteiger partial charge on any atom is 0.243 e. The minimum atomic E-state index is -3.72. The second-order valence-corrected chi connectivity index (χ2v) is 7.61. The van der Waals surface area contributed by atoms with E-state index < -0.39 is 22.7 Å². The summed E-state index contributed by atoms with van der Waals surface area (Å²) in [5.74, 6) is 0. The first-order valence-electron chi connectivity index (χ1n) is 7.75. The van der Waals surface area contributed by atoms with E-state index in [1.54, 1.807) is 36.7 Å². The summed E-state index contributed by atoms with van der Waals surface area (Å²) in [6, 6.07) is 6.06. The smallest absolute Gasteiger partial charge is 0.243 e. The second kappa shape index (κ2) is 9.64. The third-order valence-corrected chi connectivity index (χ3v) is 6.11. The number of aromatic nitrogens is 1. The normalized spacial score (nSPS) is 19.3. The monoisotopic (exact) mass is 409 g/mol. The molecule has 2 heterocycles. The van der Waals surface area contributed by atoms with Crippen molar-refractivity contribution >= 4 is 45.6 Å². The zero-order valence-corrected chi connectivity index (χ0v) is 16.0. The van der Waals surface area contributed by atoms with Crippen LogP contribution in [0.1, 0.15) is 12.8 Å². The quantitative estimate of drug-likeness (QED) is 0.846. The molecule has 140 valence electrons. The summed E-state index contributed by atoms with van der Waals surface area (Å²) in [5, 5.41) is 4.80. The predicted molar refractivity (Wildman–Crippen MR) is 102 cm³/mol. The number of sulfonamides is 1. The molecule has 1 aromatic carbocycles. The van der Waals surface area contributed by atoms with Crippen LogP contribution in [0.3, 0.4) is 0 Å². The van der Waals surface area contributed by atoms with Crippen LogP contribution in [0.4, 0.5) is 4.39 Å². The molecule has 1 saturated heterocycles. The van der Waals surface area contributed by atoms with Crippen LogP contribution in [0.15, 0.2) is 41.6 Å². The predicted octanol–water partition coefficient (Wildman–Crippen LogP) is 2.79. The van der Waals surface area contributed by atoms with E-state index in [9.17, 15) is 12.8 Å². The van der Waals surface area contributed by atoms with Crippen LogP contribution < -0.4 is 5.32 Å². The molecule has 0 saturated carbocycles. The van der Waals surface area contributed by atoms with Crippen molar-refractivity contribution in [2.75, 3.05) is 26.3 Å². The Kier molecular flexibility index (Phi) is 8.50. The number of benzene rings is 1. The average Bonchev–Trinajstić information content (AvgIpc) is 2.54. The number of hydrogen-bond acceptors (Lipinski definition) is 4. The molecule has 1 N–H and O–H groups in total.